The summed E-state index contributed by atoms with van der Waals surface area (Å²) in [4.78, 5) is 12.4. The van der Waals surface area contributed by atoms with Crippen LogP contribution in [0.5, 0.6) is 17.2 Å². The highest BCUT2D eigenvalue weighted by atomic mass is 16.5. The minimum absolute atomic E-state index is 0.136. The van der Waals surface area contributed by atoms with E-state index >= 15 is 0 Å². The van der Waals surface area contributed by atoms with Crippen molar-refractivity contribution in [2.24, 2.45) is 0 Å². The maximum Gasteiger partial charge on any atom is 0.261 e. The van der Waals surface area contributed by atoms with Gasteiger partial charge in [0, 0.05) is 6.07 Å². The molecule has 1 N–H and O–H groups in total. The monoisotopic (exact) mass is 357 g/mol. The molecule has 2 rings (SSSR count). The number of aryl methyl sites for hydroxylation is 2. The SMILES string of the molecule is CCC(Oc1cc(C)ccc1C)C(=O)NCCOc1cccc(OC)c1. The number of benzene rings is 2. The maximum absolute atomic E-state index is 12.4. The van der Waals surface area contributed by atoms with Crippen molar-refractivity contribution < 1.29 is 19.0 Å². The molecule has 0 aromatic heterocycles. The Labute approximate surface area is 155 Å². The smallest absolute Gasteiger partial charge is 0.261 e. The van der Waals surface area contributed by atoms with Gasteiger partial charge in [-0.1, -0.05) is 25.1 Å². The lowest BCUT2D eigenvalue weighted by Gasteiger charge is -2.19. The van der Waals surface area contributed by atoms with Crippen LogP contribution in [0.2, 0.25) is 0 Å². The highest BCUT2D eigenvalue weighted by Gasteiger charge is 2.18. The van der Waals surface area contributed by atoms with Gasteiger partial charge >= 0.3 is 0 Å². The molecule has 0 bridgehead atoms. The quantitative estimate of drug-likeness (QED) is 0.696. The summed E-state index contributed by atoms with van der Waals surface area (Å²) in [6.45, 7) is 6.69. The van der Waals surface area contributed by atoms with Gasteiger partial charge in [-0.2, -0.15) is 0 Å². The van der Waals surface area contributed by atoms with Crippen LogP contribution in [0, 0.1) is 13.8 Å². The van der Waals surface area contributed by atoms with Crippen LogP contribution >= 0.6 is 0 Å². The van der Waals surface area contributed by atoms with Gasteiger partial charge in [0.1, 0.15) is 23.9 Å². The number of amides is 1. The van der Waals surface area contributed by atoms with Crippen molar-refractivity contribution in [1.82, 2.24) is 5.32 Å². The van der Waals surface area contributed by atoms with Crippen molar-refractivity contribution in [1.29, 1.82) is 0 Å². The van der Waals surface area contributed by atoms with Crippen molar-refractivity contribution in [3.63, 3.8) is 0 Å². The lowest BCUT2D eigenvalue weighted by atomic mass is 10.1. The number of carbonyl (C=O) groups excluding carboxylic acids is 1. The molecule has 0 saturated carbocycles. The molecule has 2 aromatic rings. The summed E-state index contributed by atoms with van der Waals surface area (Å²) < 4.78 is 16.7. The summed E-state index contributed by atoms with van der Waals surface area (Å²) in [7, 11) is 1.61. The first-order chi connectivity index (χ1) is 12.5. The molecule has 0 fully saturated rings. The van der Waals surface area contributed by atoms with Crippen LogP contribution < -0.4 is 19.5 Å². The average molecular weight is 357 g/mol. The van der Waals surface area contributed by atoms with Crippen molar-refractivity contribution in [2.45, 2.75) is 33.3 Å². The molecule has 5 heteroatoms. The molecule has 26 heavy (non-hydrogen) atoms. The van der Waals surface area contributed by atoms with E-state index in [4.69, 9.17) is 14.2 Å². The van der Waals surface area contributed by atoms with Crippen LogP contribution in [0.4, 0.5) is 0 Å². The van der Waals surface area contributed by atoms with Gasteiger partial charge in [-0.15, -0.1) is 0 Å². The summed E-state index contributed by atoms with van der Waals surface area (Å²) in [5.41, 5.74) is 2.12. The molecule has 1 amide bonds. The number of rotatable bonds is 9. The van der Waals surface area contributed by atoms with Crippen molar-refractivity contribution >= 4 is 5.91 Å². The molecule has 140 valence electrons. The molecule has 0 aliphatic heterocycles. The van der Waals surface area contributed by atoms with Crippen LogP contribution in [-0.4, -0.2) is 32.3 Å². The van der Waals surface area contributed by atoms with Gasteiger partial charge in [0.25, 0.3) is 5.91 Å². The lowest BCUT2D eigenvalue weighted by molar-refractivity contribution is -0.128. The number of ether oxygens (including phenoxy) is 3. The molecule has 0 aliphatic carbocycles. The third-order valence-electron chi connectivity index (χ3n) is 3.99. The minimum atomic E-state index is -0.521. The number of hydrogen-bond acceptors (Lipinski definition) is 4. The zero-order valence-electron chi connectivity index (χ0n) is 15.9. The summed E-state index contributed by atoms with van der Waals surface area (Å²) in [5, 5.41) is 2.87. The Balaban J connectivity index is 1.82. The second-order valence-corrected chi connectivity index (χ2v) is 6.10. The average Bonchev–Trinajstić information content (AvgIpc) is 2.65. The molecule has 1 atom stereocenters. The fraction of sp³-hybridized carbons (Fsp3) is 0.381. The summed E-state index contributed by atoms with van der Waals surface area (Å²) in [6.07, 6.45) is 0.0722. The molecule has 0 heterocycles. The fourth-order valence-corrected chi connectivity index (χ4v) is 2.46. The van der Waals surface area contributed by atoms with E-state index in [9.17, 15) is 4.79 Å². The standard InChI is InChI=1S/C21H27NO4/c1-5-19(26-20-13-15(2)9-10-16(20)3)21(23)22-11-12-25-18-8-6-7-17(14-18)24-4/h6-10,13-14,19H,5,11-12H2,1-4H3,(H,22,23). The van der Waals surface area contributed by atoms with Crippen LogP contribution in [0.25, 0.3) is 0 Å². The first-order valence-electron chi connectivity index (χ1n) is 8.82. The van der Waals surface area contributed by atoms with Crippen LogP contribution in [0.1, 0.15) is 24.5 Å². The highest BCUT2D eigenvalue weighted by molar-refractivity contribution is 5.81. The van der Waals surface area contributed by atoms with Gasteiger partial charge in [-0.3, -0.25) is 4.79 Å². The van der Waals surface area contributed by atoms with Crippen molar-refractivity contribution in [3.05, 3.63) is 53.6 Å². The first kappa shape index (κ1) is 19.6. The zero-order valence-corrected chi connectivity index (χ0v) is 15.9. The van der Waals surface area contributed by atoms with E-state index < -0.39 is 6.10 Å². The largest absolute Gasteiger partial charge is 0.497 e. The molecule has 0 saturated heterocycles. The van der Waals surface area contributed by atoms with E-state index in [0.717, 1.165) is 22.6 Å². The fourth-order valence-electron chi connectivity index (χ4n) is 2.46. The predicted octanol–water partition coefficient (Wildman–Crippen LogP) is 3.66. The Morgan fingerprint density at radius 2 is 1.88 bits per heavy atom. The second kappa shape index (κ2) is 9.70. The second-order valence-electron chi connectivity index (χ2n) is 6.10. The normalized spacial score (nSPS) is 11.5. The first-order valence-corrected chi connectivity index (χ1v) is 8.82. The Morgan fingerprint density at radius 3 is 2.62 bits per heavy atom. The molecular formula is C21H27NO4. The van der Waals surface area contributed by atoms with E-state index in [1.165, 1.54) is 0 Å². The Kier molecular flexibility index (Phi) is 7.33. The Hall–Kier alpha value is -2.69. The molecule has 0 aliphatic rings. The van der Waals surface area contributed by atoms with E-state index in [0.29, 0.717) is 25.3 Å². The zero-order chi connectivity index (χ0) is 18.9. The topological polar surface area (TPSA) is 56.8 Å². The van der Waals surface area contributed by atoms with E-state index in [2.05, 4.69) is 5.32 Å². The van der Waals surface area contributed by atoms with Crippen LogP contribution in [0.3, 0.4) is 0 Å². The van der Waals surface area contributed by atoms with Crippen molar-refractivity contribution in [3.8, 4) is 17.2 Å². The highest BCUT2D eigenvalue weighted by Crippen LogP contribution is 2.21. The van der Waals surface area contributed by atoms with E-state index in [-0.39, 0.29) is 5.91 Å². The van der Waals surface area contributed by atoms with Crippen molar-refractivity contribution in [2.75, 3.05) is 20.3 Å². The van der Waals surface area contributed by atoms with Crippen LogP contribution in [0.15, 0.2) is 42.5 Å². The minimum Gasteiger partial charge on any atom is -0.497 e. The van der Waals surface area contributed by atoms with Gasteiger partial charge in [0.2, 0.25) is 0 Å². The predicted molar refractivity (Wildman–Crippen MR) is 102 cm³/mol. The number of hydrogen-bond donors (Lipinski definition) is 1. The third-order valence-corrected chi connectivity index (χ3v) is 3.99. The molecule has 2 aromatic carbocycles. The molecule has 0 radical (unpaired) electrons. The molecule has 0 spiro atoms. The molecular weight excluding hydrogens is 330 g/mol. The summed E-state index contributed by atoms with van der Waals surface area (Å²) in [6, 6.07) is 13.3. The van der Waals surface area contributed by atoms with E-state index in [1.54, 1.807) is 13.2 Å². The van der Waals surface area contributed by atoms with Gasteiger partial charge in [-0.05, 0) is 49.6 Å². The molecule has 5 nitrogen and oxygen atoms in total. The summed E-state index contributed by atoms with van der Waals surface area (Å²) >= 11 is 0. The van der Waals surface area contributed by atoms with Gasteiger partial charge in [0.15, 0.2) is 6.10 Å². The van der Waals surface area contributed by atoms with Gasteiger partial charge in [0.05, 0.1) is 13.7 Å². The number of nitrogens with one attached hydrogen (secondary N) is 1. The Bertz CT molecular complexity index is 730. The number of carbonyl (C=O) groups is 1. The summed E-state index contributed by atoms with van der Waals surface area (Å²) in [5.74, 6) is 2.05. The van der Waals surface area contributed by atoms with Crippen LogP contribution in [-0.2, 0) is 4.79 Å². The number of methoxy groups -OCH3 is 1. The third kappa shape index (κ3) is 5.69. The van der Waals surface area contributed by atoms with E-state index in [1.807, 2.05) is 57.2 Å². The Morgan fingerprint density at radius 1 is 1.12 bits per heavy atom. The van der Waals surface area contributed by atoms with Gasteiger partial charge < -0.3 is 19.5 Å². The lowest BCUT2D eigenvalue weighted by Crippen LogP contribution is -2.39. The molecule has 1 unspecified atom stereocenters. The van der Waals surface area contributed by atoms with Gasteiger partial charge in [-0.25, -0.2) is 0 Å². The maximum atomic E-state index is 12.4.